The second-order valence-electron chi connectivity index (χ2n) is 6.03. The van der Waals surface area contributed by atoms with E-state index in [0.717, 1.165) is 41.4 Å². The second kappa shape index (κ2) is 7.11. The van der Waals surface area contributed by atoms with Crippen molar-refractivity contribution in [2.45, 2.75) is 38.3 Å². The Balaban J connectivity index is 1.61. The molecule has 4 nitrogen and oxygen atoms in total. The number of carbonyl (C=O) groups is 1. The van der Waals surface area contributed by atoms with Gasteiger partial charge in [0.15, 0.2) is 0 Å². The topological polar surface area (TPSA) is 46.1 Å². The molecule has 1 aromatic heterocycles. The van der Waals surface area contributed by atoms with Crippen LogP contribution in [-0.4, -0.2) is 34.1 Å². The summed E-state index contributed by atoms with van der Waals surface area (Å²) >= 11 is 1.62. The zero-order valence-corrected chi connectivity index (χ0v) is 14.5. The summed E-state index contributed by atoms with van der Waals surface area (Å²) in [6.07, 6.45) is -1.93. The van der Waals surface area contributed by atoms with Gasteiger partial charge in [-0.25, -0.2) is 0 Å². The molecule has 1 saturated heterocycles. The molecular formula is C17H18F3N3OS. The molecule has 1 fully saturated rings. The summed E-state index contributed by atoms with van der Waals surface area (Å²) in [5.74, 6) is 0.0770. The van der Waals surface area contributed by atoms with Crippen LogP contribution in [-0.2, 0) is 12.6 Å². The first kappa shape index (κ1) is 17.8. The van der Waals surface area contributed by atoms with Crippen LogP contribution < -0.4 is 0 Å². The summed E-state index contributed by atoms with van der Waals surface area (Å²) in [6.45, 7) is 3.19. The molecule has 134 valence electrons. The van der Waals surface area contributed by atoms with Crippen LogP contribution in [0.15, 0.2) is 24.3 Å². The first-order chi connectivity index (χ1) is 11.9. The number of carbonyl (C=O) groups excluding carboxylic acids is 1. The third-order valence-electron chi connectivity index (χ3n) is 4.38. The van der Waals surface area contributed by atoms with E-state index in [1.807, 2.05) is 6.92 Å². The molecule has 0 aliphatic carbocycles. The van der Waals surface area contributed by atoms with Crippen molar-refractivity contribution in [3.63, 3.8) is 0 Å². The first-order valence-electron chi connectivity index (χ1n) is 8.17. The Hall–Kier alpha value is -1.96. The summed E-state index contributed by atoms with van der Waals surface area (Å²) in [5, 5.41) is 10.4. The SMILES string of the molecule is CCc1nnc(C2CCN(C(=O)c3ccc(C(F)(F)F)cc3)CC2)s1. The molecule has 2 aromatic rings. The molecule has 0 atom stereocenters. The lowest BCUT2D eigenvalue weighted by Crippen LogP contribution is -2.37. The van der Waals surface area contributed by atoms with Crippen molar-refractivity contribution in [3.8, 4) is 0 Å². The van der Waals surface area contributed by atoms with Crippen molar-refractivity contribution in [1.82, 2.24) is 15.1 Å². The third kappa shape index (κ3) is 4.00. The van der Waals surface area contributed by atoms with E-state index >= 15 is 0 Å². The van der Waals surface area contributed by atoms with Crippen LogP contribution in [0.3, 0.4) is 0 Å². The quantitative estimate of drug-likeness (QED) is 0.817. The molecule has 0 saturated carbocycles. The largest absolute Gasteiger partial charge is 0.416 e. The molecule has 0 spiro atoms. The Morgan fingerprint density at radius 3 is 2.36 bits per heavy atom. The number of nitrogens with zero attached hydrogens (tertiary/aromatic N) is 3. The van der Waals surface area contributed by atoms with Gasteiger partial charge in [0.2, 0.25) is 0 Å². The minimum Gasteiger partial charge on any atom is -0.339 e. The van der Waals surface area contributed by atoms with Crippen LogP contribution in [0.2, 0.25) is 0 Å². The van der Waals surface area contributed by atoms with E-state index in [-0.39, 0.29) is 11.5 Å². The molecule has 0 N–H and O–H groups in total. The first-order valence-corrected chi connectivity index (χ1v) is 8.99. The highest BCUT2D eigenvalue weighted by molar-refractivity contribution is 7.11. The van der Waals surface area contributed by atoms with Gasteiger partial charge in [-0.05, 0) is 43.5 Å². The monoisotopic (exact) mass is 369 g/mol. The van der Waals surface area contributed by atoms with Crippen molar-refractivity contribution in [2.24, 2.45) is 0 Å². The highest BCUT2D eigenvalue weighted by Crippen LogP contribution is 2.32. The summed E-state index contributed by atoms with van der Waals surface area (Å²) < 4.78 is 37.8. The van der Waals surface area contributed by atoms with Crippen molar-refractivity contribution in [1.29, 1.82) is 0 Å². The lowest BCUT2D eigenvalue weighted by Gasteiger charge is -2.31. The number of amides is 1. The fourth-order valence-electron chi connectivity index (χ4n) is 2.89. The van der Waals surface area contributed by atoms with Crippen molar-refractivity contribution >= 4 is 17.2 Å². The zero-order chi connectivity index (χ0) is 18.0. The van der Waals surface area contributed by atoms with Crippen LogP contribution in [0.25, 0.3) is 0 Å². The molecular weight excluding hydrogens is 351 g/mol. The number of hydrogen-bond acceptors (Lipinski definition) is 4. The number of rotatable bonds is 3. The van der Waals surface area contributed by atoms with Gasteiger partial charge in [-0.2, -0.15) is 13.2 Å². The molecule has 1 aliphatic rings. The van der Waals surface area contributed by atoms with E-state index in [0.29, 0.717) is 19.0 Å². The number of aromatic nitrogens is 2. The van der Waals surface area contributed by atoms with E-state index in [4.69, 9.17) is 0 Å². The molecule has 25 heavy (non-hydrogen) atoms. The van der Waals surface area contributed by atoms with Crippen LogP contribution in [0.4, 0.5) is 13.2 Å². The predicted molar refractivity (Wildman–Crippen MR) is 88.6 cm³/mol. The standard InChI is InChI=1S/C17H18F3N3OS/c1-2-14-21-22-15(25-14)11-7-9-23(10-8-11)16(24)12-3-5-13(6-4-12)17(18,19)20/h3-6,11H,2,7-10H2,1H3. The second-order valence-corrected chi connectivity index (χ2v) is 7.12. The minimum atomic E-state index is -4.39. The van der Waals surface area contributed by atoms with Crippen molar-refractivity contribution < 1.29 is 18.0 Å². The van der Waals surface area contributed by atoms with Gasteiger partial charge < -0.3 is 4.90 Å². The molecule has 1 aromatic carbocycles. The molecule has 1 aliphatic heterocycles. The summed E-state index contributed by atoms with van der Waals surface area (Å²) in [6, 6.07) is 4.39. The minimum absolute atomic E-state index is 0.223. The predicted octanol–water partition coefficient (Wildman–Crippen LogP) is 4.14. The maximum absolute atomic E-state index is 12.6. The van der Waals surface area contributed by atoms with E-state index in [9.17, 15) is 18.0 Å². The van der Waals surface area contributed by atoms with Crippen molar-refractivity contribution in [3.05, 3.63) is 45.4 Å². The Kier molecular flexibility index (Phi) is 5.08. The molecule has 0 bridgehead atoms. The number of benzene rings is 1. The smallest absolute Gasteiger partial charge is 0.339 e. The number of piperidine rings is 1. The highest BCUT2D eigenvalue weighted by atomic mass is 32.1. The molecule has 0 unspecified atom stereocenters. The number of aryl methyl sites for hydroxylation is 1. The van der Waals surface area contributed by atoms with Gasteiger partial charge in [0.1, 0.15) is 10.0 Å². The number of halogens is 3. The van der Waals surface area contributed by atoms with Gasteiger partial charge in [-0.15, -0.1) is 21.5 Å². The van der Waals surface area contributed by atoms with E-state index in [2.05, 4.69) is 10.2 Å². The van der Waals surface area contributed by atoms with Crippen molar-refractivity contribution in [2.75, 3.05) is 13.1 Å². The fraction of sp³-hybridized carbons (Fsp3) is 0.471. The normalized spacial score (nSPS) is 16.2. The van der Waals surface area contributed by atoms with Gasteiger partial charge >= 0.3 is 6.18 Å². The van der Waals surface area contributed by atoms with E-state index in [1.165, 1.54) is 12.1 Å². The summed E-state index contributed by atoms with van der Waals surface area (Å²) in [7, 11) is 0. The van der Waals surface area contributed by atoms with Crippen LogP contribution in [0, 0.1) is 0 Å². The molecule has 2 heterocycles. The maximum atomic E-state index is 12.6. The van der Waals surface area contributed by atoms with Gasteiger partial charge in [0.25, 0.3) is 5.91 Å². The van der Waals surface area contributed by atoms with E-state index in [1.54, 1.807) is 16.2 Å². The van der Waals surface area contributed by atoms with E-state index < -0.39 is 11.7 Å². The van der Waals surface area contributed by atoms with Crippen LogP contribution >= 0.6 is 11.3 Å². The number of alkyl halides is 3. The molecule has 1 amide bonds. The Morgan fingerprint density at radius 2 is 1.84 bits per heavy atom. The Morgan fingerprint density at radius 1 is 1.20 bits per heavy atom. The van der Waals surface area contributed by atoms with Gasteiger partial charge in [-0.1, -0.05) is 6.92 Å². The average Bonchev–Trinajstić information content (AvgIpc) is 3.10. The Labute approximate surface area is 147 Å². The fourth-order valence-corrected chi connectivity index (χ4v) is 3.84. The lowest BCUT2D eigenvalue weighted by molar-refractivity contribution is -0.137. The lowest BCUT2D eigenvalue weighted by atomic mass is 9.97. The maximum Gasteiger partial charge on any atom is 0.416 e. The molecule has 0 radical (unpaired) electrons. The third-order valence-corrected chi connectivity index (χ3v) is 5.61. The summed E-state index contributed by atoms with van der Waals surface area (Å²) in [5.41, 5.74) is -0.457. The van der Waals surface area contributed by atoms with Gasteiger partial charge in [0.05, 0.1) is 5.56 Å². The van der Waals surface area contributed by atoms with Gasteiger partial charge in [0, 0.05) is 24.6 Å². The Bertz CT molecular complexity index is 734. The number of likely N-dealkylation sites (tertiary alicyclic amines) is 1. The average molecular weight is 369 g/mol. The zero-order valence-electron chi connectivity index (χ0n) is 13.7. The van der Waals surface area contributed by atoms with Gasteiger partial charge in [-0.3, -0.25) is 4.79 Å². The highest BCUT2D eigenvalue weighted by Gasteiger charge is 2.31. The van der Waals surface area contributed by atoms with Crippen LogP contribution in [0.5, 0.6) is 0 Å². The summed E-state index contributed by atoms with van der Waals surface area (Å²) in [4.78, 5) is 14.2. The number of hydrogen-bond donors (Lipinski definition) is 0. The molecule has 8 heteroatoms. The van der Waals surface area contributed by atoms with Crippen LogP contribution in [0.1, 0.15) is 51.6 Å². The molecule has 3 rings (SSSR count).